The Morgan fingerprint density at radius 2 is 1.70 bits per heavy atom. The van der Waals surface area contributed by atoms with Gasteiger partial charge in [-0.2, -0.15) is 0 Å². The van der Waals surface area contributed by atoms with Gasteiger partial charge in [-0.05, 0) is 42.0 Å². The van der Waals surface area contributed by atoms with E-state index in [9.17, 15) is 0 Å². The highest BCUT2D eigenvalue weighted by atomic mass is 35.5. The van der Waals surface area contributed by atoms with Crippen LogP contribution in [-0.4, -0.2) is 14.9 Å². The van der Waals surface area contributed by atoms with Crippen molar-refractivity contribution in [2.45, 2.75) is 10.9 Å². The van der Waals surface area contributed by atoms with Crippen molar-refractivity contribution in [2.24, 2.45) is 0 Å². The third-order valence-electron chi connectivity index (χ3n) is 3.12. The van der Waals surface area contributed by atoms with Gasteiger partial charge in [0.15, 0.2) is 5.82 Å². The van der Waals surface area contributed by atoms with Crippen LogP contribution in [0, 0.1) is 0 Å². The Balaban J connectivity index is 1.76. The molecule has 118 valence electrons. The summed E-state index contributed by atoms with van der Waals surface area (Å²) in [5.74, 6) is 7.32. The Hall–Kier alpha value is -1.40. The smallest absolute Gasteiger partial charge is 0.210 e. The van der Waals surface area contributed by atoms with Gasteiger partial charge in [-0.1, -0.05) is 52.6 Å². The Bertz CT molecular complexity index is 833. The number of hydrogen-bond donors (Lipinski definition) is 1. The Labute approximate surface area is 152 Å². The van der Waals surface area contributed by atoms with Crippen LogP contribution in [0.5, 0.6) is 0 Å². The van der Waals surface area contributed by atoms with Gasteiger partial charge >= 0.3 is 0 Å². The van der Waals surface area contributed by atoms with Crippen molar-refractivity contribution in [3.63, 3.8) is 0 Å². The number of halogens is 3. The van der Waals surface area contributed by atoms with Crippen LogP contribution in [0.4, 0.5) is 0 Å². The minimum absolute atomic E-state index is 0.529. The van der Waals surface area contributed by atoms with Gasteiger partial charge in [0.1, 0.15) is 0 Å². The highest BCUT2D eigenvalue weighted by molar-refractivity contribution is 7.98. The molecule has 0 aliphatic rings. The number of thioether (sulfide) groups is 1. The predicted molar refractivity (Wildman–Crippen MR) is 96.6 cm³/mol. The van der Waals surface area contributed by atoms with Crippen LogP contribution in [0.15, 0.2) is 47.6 Å². The molecule has 0 bridgehead atoms. The van der Waals surface area contributed by atoms with Gasteiger partial charge in [-0.3, -0.25) is 0 Å². The molecule has 0 radical (unpaired) electrons. The zero-order chi connectivity index (χ0) is 16.4. The quantitative estimate of drug-likeness (QED) is 0.512. The monoisotopic (exact) mass is 384 g/mol. The highest BCUT2D eigenvalue weighted by Gasteiger charge is 2.12. The van der Waals surface area contributed by atoms with E-state index in [0.717, 1.165) is 11.1 Å². The van der Waals surface area contributed by atoms with Gasteiger partial charge in [0.2, 0.25) is 5.16 Å². The number of benzene rings is 2. The number of rotatable bonds is 4. The molecule has 0 aliphatic heterocycles. The van der Waals surface area contributed by atoms with E-state index in [1.165, 1.54) is 16.4 Å². The van der Waals surface area contributed by atoms with Crippen molar-refractivity contribution in [3.8, 4) is 11.4 Å². The lowest BCUT2D eigenvalue weighted by Gasteiger charge is -2.05. The van der Waals surface area contributed by atoms with Crippen LogP contribution in [0.3, 0.4) is 0 Å². The van der Waals surface area contributed by atoms with Crippen LogP contribution < -0.4 is 5.84 Å². The maximum Gasteiger partial charge on any atom is 0.210 e. The van der Waals surface area contributed by atoms with Crippen LogP contribution >= 0.6 is 46.6 Å². The summed E-state index contributed by atoms with van der Waals surface area (Å²) in [7, 11) is 0. The lowest BCUT2D eigenvalue weighted by Crippen LogP contribution is -2.11. The molecule has 0 spiro atoms. The second kappa shape index (κ2) is 7.01. The fourth-order valence-corrected chi connectivity index (χ4v) is 3.19. The number of nitrogens with zero attached hydrogens (tertiary/aromatic N) is 3. The molecule has 0 amide bonds. The molecule has 3 rings (SSSR count). The molecule has 8 heteroatoms. The highest BCUT2D eigenvalue weighted by Crippen LogP contribution is 2.28. The van der Waals surface area contributed by atoms with Crippen molar-refractivity contribution in [2.75, 3.05) is 5.84 Å². The summed E-state index contributed by atoms with van der Waals surface area (Å²) in [5.41, 5.74) is 1.88. The second-order valence-corrected chi connectivity index (χ2v) is 6.91. The van der Waals surface area contributed by atoms with Gasteiger partial charge in [0.25, 0.3) is 0 Å². The molecule has 0 aliphatic carbocycles. The molecule has 4 nitrogen and oxygen atoms in total. The SMILES string of the molecule is Nn1c(SCc2ccc(Cl)c(Cl)c2)nnc1-c1ccc(Cl)cc1. The summed E-state index contributed by atoms with van der Waals surface area (Å²) in [5, 5.41) is 10.6. The van der Waals surface area contributed by atoms with E-state index in [1.54, 1.807) is 18.2 Å². The van der Waals surface area contributed by atoms with Gasteiger partial charge < -0.3 is 5.84 Å². The number of nitrogen functional groups attached to an aromatic ring is 1. The van der Waals surface area contributed by atoms with Crippen molar-refractivity contribution in [1.82, 2.24) is 14.9 Å². The molecule has 23 heavy (non-hydrogen) atoms. The second-order valence-electron chi connectivity index (χ2n) is 4.72. The lowest BCUT2D eigenvalue weighted by atomic mass is 10.2. The number of aromatic nitrogens is 3. The van der Waals surface area contributed by atoms with Crippen LogP contribution in [0.2, 0.25) is 15.1 Å². The standard InChI is InChI=1S/C15H11Cl3N4S/c16-11-4-2-10(3-5-11)14-20-21-15(22(14)19)23-8-9-1-6-12(17)13(18)7-9/h1-7H,8,19H2. The van der Waals surface area contributed by atoms with Gasteiger partial charge in [0.05, 0.1) is 10.0 Å². The largest absolute Gasteiger partial charge is 0.335 e. The van der Waals surface area contributed by atoms with E-state index < -0.39 is 0 Å². The summed E-state index contributed by atoms with van der Waals surface area (Å²) in [6.07, 6.45) is 0. The first kappa shape index (κ1) is 16.5. The van der Waals surface area contributed by atoms with Gasteiger partial charge in [-0.15, -0.1) is 10.2 Å². The number of nitrogens with two attached hydrogens (primary N) is 1. The Morgan fingerprint density at radius 1 is 0.957 bits per heavy atom. The molecule has 0 atom stereocenters. The molecule has 1 heterocycles. The Kier molecular flexibility index (Phi) is 5.02. The minimum atomic E-state index is 0.529. The molecule has 0 saturated carbocycles. The average Bonchev–Trinajstić information content (AvgIpc) is 2.90. The first-order valence-electron chi connectivity index (χ1n) is 6.58. The molecular formula is C15H11Cl3N4S. The summed E-state index contributed by atoms with van der Waals surface area (Å²) in [6.45, 7) is 0. The maximum atomic E-state index is 6.08. The predicted octanol–water partition coefficient (Wildman–Crippen LogP) is 4.91. The third-order valence-corrected chi connectivity index (χ3v) is 5.12. The lowest BCUT2D eigenvalue weighted by molar-refractivity contribution is 0.849. The molecule has 0 fully saturated rings. The molecule has 2 N–H and O–H groups in total. The van der Waals surface area contributed by atoms with E-state index in [-0.39, 0.29) is 0 Å². The maximum absolute atomic E-state index is 6.08. The van der Waals surface area contributed by atoms with Crippen molar-refractivity contribution < 1.29 is 0 Å². The van der Waals surface area contributed by atoms with Crippen molar-refractivity contribution >= 4 is 46.6 Å². The Morgan fingerprint density at radius 3 is 2.39 bits per heavy atom. The minimum Gasteiger partial charge on any atom is -0.335 e. The van der Waals surface area contributed by atoms with Gasteiger partial charge in [-0.25, -0.2) is 4.68 Å². The average molecular weight is 386 g/mol. The number of hydrogen-bond acceptors (Lipinski definition) is 4. The van der Waals surface area contributed by atoms with Crippen LogP contribution in [-0.2, 0) is 5.75 Å². The van der Waals surface area contributed by atoms with Crippen molar-refractivity contribution in [3.05, 3.63) is 63.1 Å². The zero-order valence-electron chi connectivity index (χ0n) is 11.7. The fraction of sp³-hybridized carbons (Fsp3) is 0.0667. The van der Waals surface area contributed by atoms with E-state index in [0.29, 0.717) is 31.8 Å². The van der Waals surface area contributed by atoms with E-state index >= 15 is 0 Å². The first-order valence-corrected chi connectivity index (χ1v) is 8.69. The summed E-state index contributed by atoms with van der Waals surface area (Å²) < 4.78 is 1.46. The fourth-order valence-electron chi connectivity index (χ4n) is 1.95. The molecular weight excluding hydrogens is 375 g/mol. The zero-order valence-corrected chi connectivity index (χ0v) is 14.8. The molecule has 1 aromatic heterocycles. The van der Waals surface area contributed by atoms with E-state index in [2.05, 4.69) is 10.2 Å². The van der Waals surface area contributed by atoms with Gasteiger partial charge in [0, 0.05) is 16.3 Å². The van der Waals surface area contributed by atoms with Crippen molar-refractivity contribution in [1.29, 1.82) is 0 Å². The third kappa shape index (κ3) is 3.75. The van der Waals surface area contributed by atoms with E-state index in [4.69, 9.17) is 40.6 Å². The molecule has 2 aromatic carbocycles. The summed E-state index contributed by atoms with van der Waals surface area (Å²) in [6, 6.07) is 12.8. The first-order chi connectivity index (χ1) is 11.0. The molecule has 3 aromatic rings. The summed E-state index contributed by atoms with van der Waals surface area (Å²) in [4.78, 5) is 0. The molecule has 0 saturated heterocycles. The topological polar surface area (TPSA) is 56.7 Å². The van der Waals surface area contributed by atoms with Crippen LogP contribution in [0.25, 0.3) is 11.4 Å². The van der Waals surface area contributed by atoms with Crippen LogP contribution in [0.1, 0.15) is 5.56 Å². The normalized spacial score (nSPS) is 10.9. The summed E-state index contributed by atoms with van der Waals surface area (Å²) >= 11 is 19.3. The molecule has 0 unspecified atom stereocenters. The van der Waals surface area contributed by atoms with E-state index in [1.807, 2.05) is 24.3 Å².